The van der Waals surface area contributed by atoms with E-state index < -0.39 is 0 Å². The first kappa shape index (κ1) is 48.4. The van der Waals surface area contributed by atoms with Gasteiger partial charge < -0.3 is 9.47 Å². The first-order valence-electron chi connectivity index (χ1n) is 14.3. The Bertz CT molecular complexity index is 1330. The standard InChI is InChI=1S/C21H28O2.C10H12O2.C7H10O2.CO2/c1-17(2)11-9-14-18(3)12-7-8-13-19(4)15-10-16-20(5)21(22)23-6;1-9(7-11)5-3-4-6-10(2)8-12;1-4-5-6(2)7(8)9-3;2-1-3/h7-16H,1-6H3;3-8H,1-2H3;4-5H,1H2,2-3H3;/b8-7+,14-9+,15-10+,18-12+,19-13+,20-16+;4-3+,9-5+,10-6+;6-5+;. The molecule has 0 fully saturated rings. The van der Waals surface area contributed by atoms with Crippen LogP contribution in [-0.2, 0) is 38.2 Å². The van der Waals surface area contributed by atoms with Crippen molar-refractivity contribution in [3.8, 4) is 0 Å². The lowest BCUT2D eigenvalue weighted by Gasteiger charge is -1.95. The number of carbonyl (C=O) groups excluding carboxylic acids is 6. The fourth-order valence-electron chi connectivity index (χ4n) is 2.39. The third kappa shape index (κ3) is 38.5. The van der Waals surface area contributed by atoms with Crippen molar-refractivity contribution in [2.24, 2.45) is 0 Å². The summed E-state index contributed by atoms with van der Waals surface area (Å²) in [5, 5.41) is 0. The number of esters is 2. The smallest absolute Gasteiger partial charge is 0.373 e. The number of aldehydes is 2. The molecule has 0 rings (SSSR count). The molecule has 0 aliphatic rings. The zero-order chi connectivity index (χ0) is 37.0. The molecule has 0 saturated heterocycles. The van der Waals surface area contributed by atoms with Crippen molar-refractivity contribution in [3.63, 3.8) is 0 Å². The van der Waals surface area contributed by atoms with Gasteiger partial charge in [-0.05, 0) is 66.5 Å². The maximum atomic E-state index is 11.2. The van der Waals surface area contributed by atoms with Crippen LogP contribution in [0.3, 0.4) is 0 Å². The summed E-state index contributed by atoms with van der Waals surface area (Å²) in [6.45, 7) is 18.5. The molecule has 0 spiro atoms. The van der Waals surface area contributed by atoms with Crippen molar-refractivity contribution in [1.29, 1.82) is 0 Å². The summed E-state index contributed by atoms with van der Waals surface area (Å²) in [6.07, 6.45) is 31.6. The molecule has 0 amide bonds. The van der Waals surface area contributed by atoms with Crippen LogP contribution >= 0.6 is 0 Å². The highest BCUT2D eigenvalue weighted by Gasteiger charge is 2.00. The zero-order valence-electron chi connectivity index (χ0n) is 29.4. The lowest BCUT2D eigenvalue weighted by atomic mass is 10.2. The molecule has 0 N–H and O–H groups in total. The first-order chi connectivity index (χ1) is 22.2. The molecule has 0 aromatic carbocycles. The highest BCUT2D eigenvalue weighted by Crippen LogP contribution is 2.02. The van der Waals surface area contributed by atoms with Crippen LogP contribution in [0.15, 0.2) is 143 Å². The highest BCUT2D eigenvalue weighted by molar-refractivity contribution is 5.88. The molecule has 47 heavy (non-hydrogen) atoms. The topological polar surface area (TPSA) is 121 Å². The van der Waals surface area contributed by atoms with Crippen LogP contribution < -0.4 is 0 Å². The Balaban J connectivity index is -0.000000320. The highest BCUT2D eigenvalue weighted by atomic mass is 16.5. The second-order valence-corrected chi connectivity index (χ2v) is 9.61. The SMILES string of the molecule is C=C/C=C(\C)C(=O)OC.COC(=O)/C(C)=C/C=C/C(C)=C/C=C/C=C(C)/C=C/C=C(C)C.C\C(C=O)=C/C=C/C=C(\C)C=O.O=C=O. The van der Waals surface area contributed by atoms with E-state index in [-0.39, 0.29) is 18.1 Å². The third-order valence-electron chi connectivity index (χ3n) is 4.91. The van der Waals surface area contributed by atoms with Crippen molar-refractivity contribution in [3.05, 3.63) is 143 Å². The summed E-state index contributed by atoms with van der Waals surface area (Å²) in [5.74, 6) is -0.618. The van der Waals surface area contributed by atoms with Gasteiger partial charge in [0.15, 0.2) is 0 Å². The first-order valence-corrected chi connectivity index (χ1v) is 14.3. The Hall–Kier alpha value is -5.46. The van der Waals surface area contributed by atoms with Gasteiger partial charge in [0.1, 0.15) is 12.6 Å². The number of ether oxygens (including phenoxy) is 2. The second-order valence-electron chi connectivity index (χ2n) is 9.61. The van der Waals surface area contributed by atoms with E-state index in [1.807, 2.05) is 37.3 Å². The molecule has 0 aliphatic heterocycles. The van der Waals surface area contributed by atoms with Gasteiger partial charge in [0, 0.05) is 11.1 Å². The molecule has 0 bridgehead atoms. The van der Waals surface area contributed by atoms with Gasteiger partial charge in [0.2, 0.25) is 0 Å². The van der Waals surface area contributed by atoms with Crippen LogP contribution in [0.4, 0.5) is 0 Å². The number of carbonyl (C=O) groups is 4. The Morgan fingerprint density at radius 3 is 1.13 bits per heavy atom. The molecular weight excluding hydrogens is 596 g/mol. The summed E-state index contributed by atoms with van der Waals surface area (Å²) in [6, 6.07) is 0. The van der Waals surface area contributed by atoms with Crippen LogP contribution in [0.2, 0.25) is 0 Å². The molecular formula is C39H50O8. The minimum atomic E-state index is -0.310. The zero-order valence-corrected chi connectivity index (χ0v) is 29.4. The van der Waals surface area contributed by atoms with Crippen LogP contribution in [-0.4, -0.2) is 44.9 Å². The van der Waals surface area contributed by atoms with Gasteiger partial charge >= 0.3 is 18.1 Å². The van der Waals surface area contributed by atoms with E-state index in [4.69, 9.17) is 9.59 Å². The number of hydrogen-bond acceptors (Lipinski definition) is 8. The van der Waals surface area contributed by atoms with E-state index in [1.165, 1.54) is 25.4 Å². The predicted octanol–water partition coefficient (Wildman–Crippen LogP) is 8.17. The normalized spacial score (nSPS) is 12.6. The van der Waals surface area contributed by atoms with Gasteiger partial charge in [0.25, 0.3) is 0 Å². The summed E-state index contributed by atoms with van der Waals surface area (Å²) < 4.78 is 9.04. The van der Waals surface area contributed by atoms with E-state index in [1.54, 1.807) is 70.2 Å². The van der Waals surface area contributed by atoms with Crippen LogP contribution in [0.1, 0.15) is 55.4 Å². The van der Waals surface area contributed by atoms with Crippen molar-refractivity contribution in [2.75, 3.05) is 14.2 Å². The summed E-state index contributed by atoms with van der Waals surface area (Å²) in [7, 11) is 2.73. The largest absolute Gasteiger partial charge is 0.466 e. The average molecular weight is 647 g/mol. The van der Waals surface area contributed by atoms with Gasteiger partial charge in [0.05, 0.1) is 14.2 Å². The molecule has 0 aliphatic carbocycles. The van der Waals surface area contributed by atoms with Gasteiger partial charge in [-0.25, -0.2) is 9.59 Å². The number of rotatable bonds is 13. The lowest BCUT2D eigenvalue weighted by molar-refractivity contribution is -0.191. The molecule has 8 heteroatoms. The van der Waals surface area contributed by atoms with Crippen LogP contribution in [0.5, 0.6) is 0 Å². The van der Waals surface area contributed by atoms with E-state index in [2.05, 4.69) is 61.1 Å². The van der Waals surface area contributed by atoms with Crippen LogP contribution in [0, 0.1) is 0 Å². The molecule has 0 heterocycles. The predicted molar refractivity (Wildman–Crippen MR) is 190 cm³/mol. The van der Waals surface area contributed by atoms with Crippen molar-refractivity contribution in [1.82, 2.24) is 0 Å². The summed E-state index contributed by atoms with van der Waals surface area (Å²) >= 11 is 0. The fourth-order valence-corrected chi connectivity index (χ4v) is 2.39. The summed E-state index contributed by atoms with van der Waals surface area (Å²) in [4.78, 5) is 58.3. The maximum absolute atomic E-state index is 11.2. The van der Waals surface area contributed by atoms with Gasteiger partial charge in [-0.2, -0.15) is 9.59 Å². The van der Waals surface area contributed by atoms with E-state index in [0.717, 1.165) is 18.1 Å². The van der Waals surface area contributed by atoms with Crippen LogP contribution in [0.25, 0.3) is 0 Å². The lowest BCUT2D eigenvalue weighted by Crippen LogP contribution is -2.00. The van der Waals surface area contributed by atoms with Gasteiger partial charge in [-0.1, -0.05) is 121 Å². The second kappa shape index (κ2) is 35.0. The molecule has 0 aromatic heterocycles. The Labute approximate surface area is 281 Å². The molecule has 0 aromatic rings. The minimum Gasteiger partial charge on any atom is -0.466 e. The Kier molecular flexibility index (Phi) is 36.1. The third-order valence-corrected chi connectivity index (χ3v) is 4.91. The molecule has 0 unspecified atom stereocenters. The van der Waals surface area contributed by atoms with Crippen molar-refractivity contribution >= 4 is 30.7 Å². The number of methoxy groups -OCH3 is 2. The minimum absolute atomic E-state index is 0.250. The molecule has 0 radical (unpaired) electrons. The van der Waals surface area contributed by atoms with Gasteiger partial charge in [-0.15, -0.1) is 0 Å². The maximum Gasteiger partial charge on any atom is 0.373 e. The quantitative estimate of drug-likeness (QED) is 0.0850. The molecule has 0 atom stereocenters. The van der Waals surface area contributed by atoms with Gasteiger partial charge in [-0.3, -0.25) is 9.59 Å². The fraction of sp³-hybridized carbons (Fsp3) is 0.256. The number of hydrogen-bond donors (Lipinski definition) is 0. The molecule has 0 saturated carbocycles. The van der Waals surface area contributed by atoms with Crippen molar-refractivity contribution < 1.29 is 38.2 Å². The Morgan fingerprint density at radius 2 is 0.830 bits per heavy atom. The van der Waals surface area contributed by atoms with E-state index >= 15 is 0 Å². The molecule has 8 nitrogen and oxygen atoms in total. The molecule has 254 valence electrons. The monoisotopic (exact) mass is 646 g/mol. The van der Waals surface area contributed by atoms with Crippen molar-refractivity contribution in [2.45, 2.75) is 55.4 Å². The Morgan fingerprint density at radius 1 is 0.511 bits per heavy atom. The summed E-state index contributed by atoms with van der Waals surface area (Å²) in [5.41, 5.74) is 6.03. The van der Waals surface area contributed by atoms with E-state index in [9.17, 15) is 19.2 Å². The van der Waals surface area contributed by atoms with E-state index in [0.29, 0.717) is 22.3 Å². The average Bonchev–Trinajstić information content (AvgIpc) is 3.04. The number of allylic oxidation sites excluding steroid dienone is 21.